The van der Waals surface area contributed by atoms with Gasteiger partial charge in [0, 0.05) is 38.1 Å². The largest absolute Gasteiger partial charge is 0.489 e. The van der Waals surface area contributed by atoms with Crippen LogP contribution in [0.15, 0.2) is 36.9 Å². The summed E-state index contributed by atoms with van der Waals surface area (Å²) >= 11 is 0. The highest BCUT2D eigenvalue weighted by molar-refractivity contribution is 5.91. The summed E-state index contributed by atoms with van der Waals surface area (Å²) in [6.45, 7) is 13.3. The van der Waals surface area contributed by atoms with Crippen LogP contribution in [-0.2, 0) is 0 Å². The van der Waals surface area contributed by atoms with Crippen LogP contribution in [0.3, 0.4) is 0 Å². The van der Waals surface area contributed by atoms with Gasteiger partial charge in [-0.1, -0.05) is 18.7 Å². The molecule has 0 aliphatic carbocycles. The zero-order chi connectivity index (χ0) is 26.6. The quantitative estimate of drug-likeness (QED) is 0.443. The number of pyridine rings is 1. The minimum absolute atomic E-state index is 0.243. The summed E-state index contributed by atoms with van der Waals surface area (Å²) in [6.07, 6.45) is 3.93. The number of rotatable bonds is 8. The van der Waals surface area contributed by atoms with Crippen LogP contribution in [0.2, 0.25) is 0 Å². The Morgan fingerprint density at radius 1 is 1.21 bits per heavy atom. The number of nitrogens with zero attached hydrogens (tertiary/aromatic N) is 5. The molecule has 1 unspecified atom stereocenters. The molecule has 3 aromatic rings. The van der Waals surface area contributed by atoms with Crippen molar-refractivity contribution in [1.29, 1.82) is 0 Å². The maximum atomic E-state index is 15.2. The molecule has 2 atom stereocenters. The second-order valence-corrected chi connectivity index (χ2v) is 10.4. The number of hydrogen-bond donors (Lipinski definition) is 1. The highest BCUT2D eigenvalue weighted by atomic mass is 19.1. The molecule has 2 saturated heterocycles. The molecule has 0 spiro atoms. The molecule has 38 heavy (non-hydrogen) atoms. The Kier molecular flexibility index (Phi) is 8.04. The predicted octanol–water partition coefficient (Wildman–Crippen LogP) is 4.22. The van der Waals surface area contributed by atoms with E-state index in [4.69, 9.17) is 24.4 Å². The highest BCUT2D eigenvalue weighted by Crippen LogP contribution is 2.37. The average molecular weight is 521 g/mol. The standard InChI is InChI=1S/C29H37FN6O2/c1-5-14-37-24-10-6-9-23(30)25(24)26-19(2)15-22-27(32-26)33-29(38-18-21-8-7-12-35(4)17-21)34-28(22)36-13-11-31-16-20(36)3/h5-6,9-10,15,20-21,31H,1,7-8,11-14,16-18H2,2-4H3/t20-,21?/m1/s1. The molecule has 4 heterocycles. The second-order valence-electron chi connectivity index (χ2n) is 10.4. The van der Waals surface area contributed by atoms with E-state index < -0.39 is 5.82 Å². The third-order valence-corrected chi connectivity index (χ3v) is 7.35. The van der Waals surface area contributed by atoms with Gasteiger partial charge in [-0.15, -0.1) is 0 Å². The number of piperazine rings is 1. The van der Waals surface area contributed by atoms with Gasteiger partial charge in [0.15, 0.2) is 5.65 Å². The summed E-state index contributed by atoms with van der Waals surface area (Å²) in [7, 11) is 2.14. The van der Waals surface area contributed by atoms with Crippen molar-refractivity contribution in [2.45, 2.75) is 32.7 Å². The van der Waals surface area contributed by atoms with E-state index in [-0.39, 0.29) is 12.6 Å². The minimum Gasteiger partial charge on any atom is -0.489 e. The van der Waals surface area contributed by atoms with Crippen LogP contribution in [0.4, 0.5) is 10.2 Å². The molecule has 0 saturated carbocycles. The first-order valence-electron chi connectivity index (χ1n) is 13.4. The van der Waals surface area contributed by atoms with Crippen molar-refractivity contribution < 1.29 is 13.9 Å². The lowest BCUT2D eigenvalue weighted by molar-refractivity contribution is 0.144. The maximum absolute atomic E-state index is 15.2. The summed E-state index contributed by atoms with van der Waals surface area (Å²) in [4.78, 5) is 19.1. The molecule has 0 amide bonds. The number of anilines is 1. The first kappa shape index (κ1) is 26.3. The lowest BCUT2D eigenvalue weighted by Crippen LogP contribution is -2.50. The molecule has 8 nitrogen and oxygen atoms in total. The highest BCUT2D eigenvalue weighted by Gasteiger charge is 2.26. The van der Waals surface area contributed by atoms with Gasteiger partial charge in [0.05, 0.1) is 23.3 Å². The molecule has 202 valence electrons. The number of ether oxygens (including phenoxy) is 2. The Morgan fingerprint density at radius 3 is 2.87 bits per heavy atom. The fourth-order valence-electron chi connectivity index (χ4n) is 5.42. The molecule has 5 rings (SSSR count). The van der Waals surface area contributed by atoms with Gasteiger partial charge >= 0.3 is 6.01 Å². The molecule has 1 N–H and O–H groups in total. The Hall–Kier alpha value is -3.30. The summed E-state index contributed by atoms with van der Waals surface area (Å²) in [6, 6.07) is 7.36. The van der Waals surface area contributed by atoms with Gasteiger partial charge in [0.1, 0.15) is 24.0 Å². The first-order chi connectivity index (χ1) is 18.4. The number of piperidine rings is 1. The molecule has 2 fully saturated rings. The van der Waals surface area contributed by atoms with Gasteiger partial charge in [-0.2, -0.15) is 9.97 Å². The number of fused-ring (bicyclic) bond motifs is 1. The maximum Gasteiger partial charge on any atom is 0.320 e. The van der Waals surface area contributed by atoms with E-state index in [1.807, 2.05) is 13.0 Å². The Morgan fingerprint density at radius 2 is 2.08 bits per heavy atom. The molecular formula is C29H37FN6O2. The monoisotopic (exact) mass is 520 g/mol. The van der Waals surface area contributed by atoms with Crippen molar-refractivity contribution in [3.8, 4) is 23.0 Å². The smallest absolute Gasteiger partial charge is 0.320 e. The summed E-state index contributed by atoms with van der Waals surface area (Å²) < 4.78 is 27.2. The van der Waals surface area contributed by atoms with E-state index in [2.05, 4.69) is 35.7 Å². The van der Waals surface area contributed by atoms with Gasteiger partial charge in [-0.05, 0) is 64.0 Å². The fourth-order valence-corrected chi connectivity index (χ4v) is 5.42. The first-order valence-corrected chi connectivity index (χ1v) is 13.4. The van der Waals surface area contributed by atoms with Gasteiger partial charge in [0.2, 0.25) is 0 Å². The second kappa shape index (κ2) is 11.6. The van der Waals surface area contributed by atoms with Gasteiger partial charge in [-0.3, -0.25) is 0 Å². The summed E-state index contributed by atoms with van der Waals surface area (Å²) in [5.74, 6) is 1.25. The molecule has 9 heteroatoms. The van der Waals surface area contributed by atoms with E-state index >= 15 is 4.39 Å². The third-order valence-electron chi connectivity index (χ3n) is 7.35. The van der Waals surface area contributed by atoms with Crippen molar-refractivity contribution in [3.05, 3.63) is 48.3 Å². The summed E-state index contributed by atoms with van der Waals surface area (Å²) in [5, 5.41) is 4.27. The zero-order valence-corrected chi connectivity index (χ0v) is 22.5. The number of likely N-dealkylation sites (tertiary alicyclic amines) is 1. The molecule has 0 bridgehead atoms. The Labute approximate surface area is 223 Å². The number of hydrogen-bond acceptors (Lipinski definition) is 8. The van der Waals surface area contributed by atoms with E-state index in [0.29, 0.717) is 41.2 Å². The normalized spacial score (nSPS) is 20.5. The lowest BCUT2D eigenvalue weighted by atomic mass is 10.00. The molecule has 2 aliphatic rings. The van der Waals surface area contributed by atoms with Crippen LogP contribution in [0.1, 0.15) is 25.3 Å². The fraction of sp³-hybridized carbons (Fsp3) is 0.483. The zero-order valence-electron chi connectivity index (χ0n) is 22.5. The van der Waals surface area contributed by atoms with Crippen molar-refractivity contribution in [2.75, 3.05) is 57.9 Å². The van der Waals surface area contributed by atoms with Gasteiger partial charge in [0.25, 0.3) is 0 Å². The van der Waals surface area contributed by atoms with Crippen molar-refractivity contribution in [3.63, 3.8) is 0 Å². The van der Waals surface area contributed by atoms with Crippen LogP contribution in [0.25, 0.3) is 22.3 Å². The number of halogens is 1. The van der Waals surface area contributed by atoms with Crippen LogP contribution in [0, 0.1) is 18.7 Å². The van der Waals surface area contributed by atoms with E-state index in [9.17, 15) is 0 Å². The Balaban J connectivity index is 1.59. The predicted molar refractivity (Wildman–Crippen MR) is 149 cm³/mol. The van der Waals surface area contributed by atoms with Gasteiger partial charge in [-0.25, -0.2) is 9.37 Å². The minimum atomic E-state index is -0.399. The van der Waals surface area contributed by atoms with Crippen LogP contribution in [0.5, 0.6) is 11.8 Å². The Bertz CT molecular complexity index is 1300. The molecule has 2 aliphatic heterocycles. The number of nitrogens with one attached hydrogen (secondary N) is 1. The van der Waals surface area contributed by atoms with Crippen LogP contribution in [-0.4, -0.2) is 78.9 Å². The van der Waals surface area contributed by atoms with E-state index in [0.717, 1.165) is 62.3 Å². The van der Waals surface area contributed by atoms with E-state index in [1.54, 1.807) is 18.2 Å². The number of aryl methyl sites for hydroxylation is 1. The molecule has 2 aromatic heterocycles. The number of aromatic nitrogens is 3. The van der Waals surface area contributed by atoms with E-state index in [1.165, 1.54) is 6.07 Å². The van der Waals surface area contributed by atoms with Crippen molar-refractivity contribution >= 4 is 16.9 Å². The third kappa shape index (κ3) is 5.59. The molecule has 0 radical (unpaired) electrons. The topological polar surface area (TPSA) is 75.6 Å². The van der Waals surface area contributed by atoms with Crippen molar-refractivity contribution in [1.82, 2.24) is 25.2 Å². The van der Waals surface area contributed by atoms with Crippen LogP contribution >= 0.6 is 0 Å². The lowest BCUT2D eigenvalue weighted by Gasteiger charge is -2.35. The van der Waals surface area contributed by atoms with Crippen LogP contribution < -0.4 is 19.7 Å². The number of benzene rings is 1. The van der Waals surface area contributed by atoms with Crippen molar-refractivity contribution in [2.24, 2.45) is 5.92 Å². The summed E-state index contributed by atoms with van der Waals surface area (Å²) in [5.41, 5.74) is 2.11. The average Bonchev–Trinajstić information content (AvgIpc) is 2.91. The van der Waals surface area contributed by atoms with Gasteiger partial charge < -0.3 is 24.6 Å². The SMILES string of the molecule is C=CCOc1cccc(F)c1-c1nc2nc(OCC3CCCN(C)C3)nc(N3CCNC[C@H]3C)c2cc1C. The molecule has 1 aromatic carbocycles. The molecular weight excluding hydrogens is 483 g/mol.